The first kappa shape index (κ1) is 19.2. The average Bonchev–Trinajstić information content (AvgIpc) is 3.37. The highest BCUT2D eigenvalue weighted by molar-refractivity contribution is 7.21. The molecule has 156 valence electrons. The van der Waals surface area contributed by atoms with Gasteiger partial charge in [-0.1, -0.05) is 54.5 Å². The Morgan fingerprint density at radius 3 is 2.63 bits per heavy atom. The van der Waals surface area contributed by atoms with Gasteiger partial charge < -0.3 is 10.2 Å². The summed E-state index contributed by atoms with van der Waals surface area (Å²) in [6.45, 7) is 3.18. The number of amides is 1. The summed E-state index contributed by atoms with van der Waals surface area (Å²) >= 11 is 1.41. The highest BCUT2D eigenvalue weighted by atomic mass is 32.1. The summed E-state index contributed by atoms with van der Waals surface area (Å²) in [6.07, 6.45) is 5.16. The van der Waals surface area contributed by atoms with Gasteiger partial charge in [0.15, 0.2) is 15.5 Å². The van der Waals surface area contributed by atoms with Gasteiger partial charge in [-0.15, -0.1) is 0 Å². The zero-order valence-electron chi connectivity index (χ0n) is 17.0. The normalized spacial score (nSPS) is 19.2. The lowest BCUT2D eigenvalue weighted by molar-refractivity contribution is -0.123. The zero-order chi connectivity index (χ0) is 20.7. The molecule has 1 aliphatic heterocycles. The van der Waals surface area contributed by atoms with Crippen LogP contribution in [0.15, 0.2) is 35.1 Å². The van der Waals surface area contributed by atoms with Gasteiger partial charge in [0.05, 0.1) is 0 Å². The largest absolute Gasteiger partial charge is 0.350 e. The second-order valence-electron chi connectivity index (χ2n) is 8.12. The van der Waals surface area contributed by atoms with Crippen molar-refractivity contribution in [3.05, 3.63) is 52.1 Å². The number of hydrogen-bond acceptors (Lipinski definition) is 6. The van der Waals surface area contributed by atoms with E-state index >= 15 is 0 Å². The highest BCUT2D eigenvalue weighted by Crippen LogP contribution is 2.34. The molecule has 1 aliphatic carbocycles. The molecule has 3 heterocycles. The van der Waals surface area contributed by atoms with E-state index in [-0.39, 0.29) is 23.6 Å². The van der Waals surface area contributed by atoms with Gasteiger partial charge in [0.1, 0.15) is 11.9 Å². The fourth-order valence-corrected chi connectivity index (χ4v) is 5.54. The molecule has 0 unspecified atom stereocenters. The molecule has 0 spiro atoms. The molecule has 3 aromatic rings. The van der Waals surface area contributed by atoms with Gasteiger partial charge in [-0.05, 0) is 31.7 Å². The molecule has 8 heteroatoms. The Morgan fingerprint density at radius 1 is 1.17 bits per heavy atom. The third kappa shape index (κ3) is 3.39. The first-order valence-electron chi connectivity index (χ1n) is 10.6. The van der Waals surface area contributed by atoms with Crippen LogP contribution in [0.5, 0.6) is 0 Å². The maximum Gasteiger partial charge on any atom is 0.281 e. The summed E-state index contributed by atoms with van der Waals surface area (Å²) < 4.78 is 1.83. The minimum Gasteiger partial charge on any atom is -0.350 e. The van der Waals surface area contributed by atoms with Crippen LogP contribution in [0.25, 0.3) is 10.3 Å². The van der Waals surface area contributed by atoms with Crippen LogP contribution in [0, 0.1) is 6.92 Å². The number of aromatic nitrogens is 3. The van der Waals surface area contributed by atoms with Gasteiger partial charge in [0.25, 0.3) is 5.56 Å². The van der Waals surface area contributed by atoms with Crippen LogP contribution in [0.1, 0.15) is 49.5 Å². The van der Waals surface area contributed by atoms with Crippen molar-refractivity contribution in [1.29, 1.82) is 0 Å². The van der Waals surface area contributed by atoms with Crippen molar-refractivity contribution in [2.45, 2.75) is 57.7 Å². The van der Waals surface area contributed by atoms with Crippen molar-refractivity contribution >= 4 is 32.7 Å². The molecule has 30 heavy (non-hydrogen) atoms. The molecule has 1 saturated heterocycles. The molecule has 5 rings (SSSR count). The van der Waals surface area contributed by atoms with Crippen molar-refractivity contribution < 1.29 is 4.79 Å². The molecule has 1 atom stereocenters. The third-order valence-electron chi connectivity index (χ3n) is 6.20. The van der Waals surface area contributed by atoms with Crippen LogP contribution in [0.4, 0.5) is 5.13 Å². The summed E-state index contributed by atoms with van der Waals surface area (Å²) in [6, 6.07) is 9.87. The molecule has 1 saturated carbocycles. The van der Waals surface area contributed by atoms with E-state index in [1.807, 2.05) is 46.7 Å². The Balaban J connectivity index is 1.36. The van der Waals surface area contributed by atoms with E-state index in [2.05, 4.69) is 15.3 Å². The van der Waals surface area contributed by atoms with Gasteiger partial charge in [-0.2, -0.15) is 0 Å². The number of carbonyl (C=O) groups is 1. The van der Waals surface area contributed by atoms with Crippen LogP contribution in [-0.4, -0.2) is 33.0 Å². The van der Waals surface area contributed by atoms with E-state index in [0.29, 0.717) is 22.0 Å². The molecule has 2 fully saturated rings. The molecule has 2 aliphatic rings. The third-order valence-corrected chi connectivity index (χ3v) is 7.19. The second-order valence-corrected chi connectivity index (χ2v) is 9.08. The van der Waals surface area contributed by atoms with Crippen LogP contribution in [-0.2, 0) is 11.3 Å². The van der Waals surface area contributed by atoms with Crippen molar-refractivity contribution in [1.82, 2.24) is 19.9 Å². The minimum atomic E-state index is -0.243. The van der Waals surface area contributed by atoms with Crippen molar-refractivity contribution in [2.24, 2.45) is 0 Å². The van der Waals surface area contributed by atoms with Crippen molar-refractivity contribution in [3.8, 4) is 0 Å². The SMILES string of the molecule is Cc1nc2sc(N3CC[C@@H]3C(=O)NCc3ccccc3)nc2c(=O)n1C1CCCC1. The average molecular weight is 424 g/mol. The predicted octanol–water partition coefficient (Wildman–Crippen LogP) is 3.17. The van der Waals surface area contributed by atoms with Gasteiger partial charge in [-0.25, -0.2) is 9.97 Å². The lowest BCUT2D eigenvalue weighted by Crippen LogP contribution is -2.56. The summed E-state index contributed by atoms with van der Waals surface area (Å²) in [5.41, 5.74) is 1.46. The maximum atomic E-state index is 13.1. The molecule has 1 amide bonds. The molecule has 0 bridgehead atoms. The topological polar surface area (TPSA) is 80.1 Å². The Hall–Kier alpha value is -2.74. The highest BCUT2D eigenvalue weighted by Gasteiger charge is 2.36. The van der Waals surface area contributed by atoms with Gasteiger partial charge in [-0.3, -0.25) is 14.2 Å². The molecule has 1 N–H and O–H groups in total. The summed E-state index contributed by atoms with van der Waals surface area (Å²) in [4.78, 5) is 37.8. The molecule has 7 nitrogen and oxygen atoms in total. The van der Waals surface area contributed by atoms with Crippen LogP contribution in [0.2, 0.25) is 0 Å². The van der Waals surface area contributed by atoms with Crippen LogP contribution >= 0.6 is 11.3 Å². The first-order valence-corrected chi connectivity index (χ1v) is 11.4. The fraction of sp³-hybridized carbons (Fsp3) is 0.455. The van der Waals surface area contributed by atoms with Gasteiger partial charge in [0, 0.05) is 19.1 Å². The first-order chi connectivity index (χ1) is 14.6. The lowest BCUT2D eigenvalue weighted by Gasteiger charge is -2.39. The number of anilines is 1. The fourth-order valence-electron chi connectivity index (χ4n) is 4.49. The molecular weight excluding hydrogens is 398 g/mol. The standard InChI is InChI=1S/C22H25N5O2S/c1-14-24-20-18(21(29)27(14)16-9-5-6-10-16)25-22(30-20)26-12-11-17(26)19(28)23-13-15-7-3-2-4-8-15/h2-4,7-8,16-17H,5-6,9-13H2,1H3,(H,23,28)/t17-/m1/s1. The van der Waals surface area contributed by atoms with E-state index in [0.717, 1.165) is 50.0 Å². The number of nitrogens with one attached hydrogen (secondary N) is 1. The molecule has 0 radical (unpaired) electrons. The van der Waals surface area contributed by atoms with Gasteiger partial charge in [0.2, 0.25) is 5.91 Å². The molecule has 1 aromatic carbocycles. The number of fused-ring (bicyclic) bond motifs is 1. The number of thiazole rings is 1. The van der Waals surface area contributed by atoms with Gasteiger partial charge >= 0.3 is 0 Å². The lowest BCUT2D eigenvalue weighted by atomic mass is 10.0. The number of nitrogens with zero attached hydrogens (tertiary/aromatic N) is 4. The summed E-state index contributed by atoms with van der Waals surface area (Å²) in [5, 5.41) is 3.73. The van der Waals surface area contributed by atoms with Crippen LogP contribution < -0.4 is 15.8 Å². The van der Waals surface area contributed by atoms with E-state index in [4.69, 9.17) is 0 Å². The maximum absolute atomic E-state index is 13.1. The predicted molar refractivity (Wildman–Crippen MR) is 118 cm³/mol. The number of rotatable bonds is 5. The van der Waals surface area contributed by atoms with E-state index in [1.54, 1.807) is 0 Å². The Bertz CT molecular complexity index is 1130. The smallest absolute Gasteiger partial charge is 0.281 e. The minimum absolute atomic E-state index is 0.00290. The number of aryl methyl sites for hydroxylation is 1. The van der Waals surface area contributed by atoms with Crippen molar-refractivity contribution in [2.75, 3.05) is 11.4 Å². The van der Waals surface area contributed by atoms with E-state index in [1.165, 1.54) is 11.3 Å². The quantitative estimate of drug-likeness (QED) is 0.682. The number of carbonyl (C=O) groups excluding carboxylic acids is 1. The number of hydrogen-bond donors (Lipinski definition) is 1. The van der Waals surface area contributed by atoms with Crippen LogP contribution in [0.3, 0.4) is 0 Å². The Morgan fingerprint density at radius 2 is 1.93 bits per heavy atom. The van der Waals surface area contributed by atoms with Crippen molar-refractivity contribution in [3.63, 3.8) is 0 Å². The second kappa shape index (κ2) is 7.83. The Labute approximate surface area is 178 Å². The molecule has 2 aromatic heterocycles. The zero-order valence-corrected chi connectivity index (χ0v) is 17.8. The monoisotopic (exact) mass is 423 g/mol. The number of benzene rings is 1. The van der Waals surface area contributed by atoms with E-state index in [9.17, 15) is 9.59 Å². The Kier molecular flexibility index (Phi) is 5.02. The summed E-state index contributed by atoms with van der Waals surface area (Å²) in [7, 11) is 0. The van der Waals surface area contributed by atoms with E-state index < -0.39 is 0 Å². The summed E-state index contributed by atoms with van der Waals surface area (Å²) in [5.74, 6) is 0.757. The molecular formula is C22H25N5O2S.